The number of carbonyl (C=O) groups is 1. The molecule has 0 rings (SSSR count). The Morgan fingerprint density at radius 3 is 1.76 bits per heavy atom. The van der Waals surface area contributed by atoms with Crippen molar-refractivity contribution in [2.24, 2.45) is 0 Å². The molecule has 0 bridgehead atoms. The molecule has 0 spiro atoms. The normalized spacial score (nSPS) is 11.7. The molecular formula is C19H36O2. The molecule has 0 aromatic carbocycles. The molecule has 124 valence electrons. The first kappa shape index (κ1) is 20.2. The van der Waals surface area contributed by atoms with E-state index in [-0.39, 0.29) is 5.97 Å². The third kappa shape index (κ3) is 15.4. The summed E-state index contributed by atoms with van der Waals surface area (Å²) < 4.78 is 4.90. The highest BCUT2D eigenvalue weighted by Crippen LogP contribution is 2.13. The maximum Gasteiger partial charge on any atom is 0.330 e. The number of esters is 1. The van der Waals surface area contributed by atoms with Gasteiger partial charge in [-0.3, -0.25) is 0 Å². The van der Waals surface area contributed by atoms with Gasteiger partial charge in [-0.05, 0) is 26.7 Å². The molecule has 0 aliphatic carbocycles. The number of ether oxygens (including phenoxy) is 1. The van der Waals surface area contributed by atoms with Crippen LogP contribution in [0.15, 0.2) is 11.6 Å². The van der Waals surface area contributed by atoms with Crippen LogP contribution in [0.2, 0.25) is 0 Å². The van der Waals surface area contributed by atoms with Gasteiger partial charge >= 0.3 is 5.97 Å². The van der Waals surface area contributed by atoms with Gasteiger partial charge < -0.3 is 4.74 Å². The molecule has 0 heterocycles. The number of allylic oxidation sites excluding steroid dienone is 1. The quantitative estimate of drug-likeness (QED) is 0.217. The Morgan fingerprint density at radius 1 is 0.810 bits per heavy atom. The molecule has 0 N–H and O–H groups in total. The Balaban J connectivity index is 3.30. The highest BCUT2D eigenvalue weighted by Gasteiger charge is 1.98. The van der Waals surface area contributed by atoms with Crippen LogP contribution < -0.4 is 0 Å². The summed E-state index contributed by atoms with van der Waals surface area (Å²) in [6.07, 6.45) is 17.6. The predicted octanol–water partition coefficient (Wildman–Crippen LogP) is 6.20. The summed E-state index contributed by atoms with van der Waals surface area (Å²) in [5.74, 6) is -0.196. The maximum absolute atomic E-state index is 11.3. The van der Waals surface area contributed by atoms with Gasteiger partial charge in [-0.15, -0.1) is 0 Å². The minimum Gasteiger partial charge on any atom is -0.463 e. The van der Waals surface area contributed by atoms with Gasteiger partial charge in [0.1, 0.15) is 0 Å². The molecule has 0 unspecified atom stereocenters. The molecule has 0 amide bonds. The standard InChI is InChI=1S/C19H36O2/c1-4-6-7-8-9-10-11-12-13-14-15-16-18(3)17-19(20)21-5-2/h17H,4-16H2,1-3H3. The van der Waals surface area contributed by atoms with Crippen LogP contribution in [0.4, 0.5) is 0 Å². The zero-order valence-corrected chi connectivity index (χ0v) is 14.6. The number of unbranched alkanes of at least 4 members (excludes halogenated alkanes) is 10. The molecule has 0 aromatic rings. The van der Waals surface area contributed by atoms with Crippen molar-refractivity contribution in [3.63, 3.8) is 0 Å². The van der Waals surface area contributed by atoms with Gasteiger partial charge in [0.25, 0.3) is 0 Å². The largest absolute Gasteiger partial charge is 0.463 e. The fourth-order valence-corrected chi connectivity index (χ4v) is 2.53. The molecule has 0 aliphatic rings. The van der Waals surface area contributed by atoms with E-state index in [9.17, 15) is 4.79 Å². The third-order valence-corrected chi connectivity index (χ3v) is 3.83. The number of carbonyl (C=O) groups excluding carboxylic acids is 1. The van der Waals surface area contributed by atoms with E-state index in [2.05, 4.69) is 6.92 Å². The van der Waals surface area contributed by atoms with Gasteiger partial charge in [0.2, 0.25) is 0 Å². The van der Waals surface area contributed by atoms with E-state index >= 15 is 0 Å². The average Bonchev–Trinajstić information content (AvgIpc) is 2.45. The fraction of sp³-hybridized carbons (Fsp3) is 0.842. The monoisotopic (exact) mass is 296 g/mol. The lowest BCUT2D eigenvalue weighted by molar-refractivity contribution is -0.137. The predicted molar refractivity (Wildman–Crippen MR) is 91.5 cm³/mol. The summed E-state index contributed by atoms with van der Waals surface area (Å²) in [7, 11) is 0. The molecule has 2 nitrogen and oxygen atoms in total. The Morgan fingerprint density at radius 2 is 1.29 bits per heavy atom. The highest BCUT2D eigenvalue weighted by molar-refractivity contribution is 5.82. The third-order valence-electron chi connectivity index (χ3n) is 3.83. The molecule has 0 atom stereocenters. The Kier molecular flexibility index (Phi) is 15.0. The van der Waals surface area contributed by atoms with E-state index in [1.807, 2.05) is 13.8 Å². The van der Waals surface area contributed by atoms with E-state index in [1.165, 1.54) is 70.6 Å². The van der Waals surface area contributed by atoms with Gasteiger partial charge in [0.05, 0.1) is 6.61 Å². The minimum absolute atomic E-state index is 0.196. The summed E-state index contributed by atoms with van der Waals surface area (Å²) in [5, 5.41) is 0. The molecule has 0 saturated carbocycles. The lowest BCUT2D eigenvalue weighted by atomic mass is 10.0. The zero-order valence-electron chi connectivity index (χ0n) is 14.6. The van der Waals surface area contributed by atoms with E-state index in [4.69, 9.17) is 4.74 Å². The highest BCUT2D eigenvalue weighted by atomic mass is 16.5. The second-order valence-corrected chi connectivity index (χ2v) is 6.03. The number of hydrogen-bond donors (Lipinski definition) is 0. The molecule has 21 heavy (non-hydrogen) atoms. The van der Waals surface area contributed by atoms with Crippen molar-refractivity contribution in [3.05, 3.63) is 11.6 Å². The molecular weight excluding hydrogens is 260 g/mol. The molecule has 0 saturated heterocycles. The minimum atomic E-state index is -0.196. The van der Waals surface area contributed by atoms with Crippen molar-refractivity contribution in [2.75, 3.05) is 6.61 Å². The van der Waals surface area contributed by atoms with E-state index < -0.39 is 0 Å². The van der Waals surface area contributed by atoms with Crippen LogP contribution in [0.3, 0.4) is 0 Å². The van der Waals surface area contributed by atoms with Crippen LogP contribution in [0, 0.1) is 0 Å². The van der Waals surface area contributed by atoms with Crippen LogP contribution in [0.25, 0.3) is 0 Å². The van der Waals surface area contributed by atoms with Gasteiger partial charge in [-0.25, -0.2) is 4.79 Å². The maximum atomic E-state index is 11.3. The van der Waals surface area contributed by atoms with Crippen molar-refractivity contribution in [3.8, 4) is 0 Å². The first-order chi connectivity index (χ1) is 10.2. The van der Waals surface area contributed by atoms with Crippen LogP contribution in [0.5, 0.6) is 0 Å². The molecule has 0 fully saturated rings. The molecule has 0 aliphatic heterocycles. The lowest BCUT2D eigenvalue weighted by Gasteiger charge is -2.03. The molecule has 0 aromatic heterocycles. The lowest BCUT2D eigenvalue weighted by Crippen LogP contribution is -2.00. The second-order valence-electron chi connectivity index (χ2n) is 6.03. The van der Waals surface area contributed by atoms with Crippen LogP contribution >= 0.6 is 0 Å². The van der Waals surface area contributed by atoms with Crippen LogP contribution in [-0.4, -0.2) is 12.6 Å². The topological polar surface area (TPSA) is 26.3 Å². The van der Waals surface area contributed by atoms with Crippen molar-refractivity contribution in [1.29, 1.82) is 0 Å². The smallest absolute Gasteiger partial charge is 0.330 e. The first-order valence-electron chi connectivity index (χ1n) is 9.04. The van der Waals surface area contributed by atoms with Crippen LogP contribution in [-0.2, 0) is 9.53 Å². The van der Waals surface area contributed by atoms with E-state index in [1.54, 1.807) is 6.08 Å². The van der Waals surface area contributed by atoms with Crippen molar-refractivity contribution in [2.45, 2.75) is 97.8 Å². The summed E-state index contributed by atoms with van der Waals surface area (Å²) in [5.41, 5.74) is 1.14. The Bertz CT molecular complexity index is 269. The first-order valence-corrected chi connectivity index (χ1v) is 9.04. The average molecular weight is 296 g/mol. The summed E-state index contributed by atoms with van der Waals surface area (Å²) in [6.45, 7) is 6.59. The second kappa shape index (κ2) is 15.6. The Labute approximate surface area is 132 Å². The van der Waals surface area contributed by atoms with Crippen molar-refractivity contribution in [1.82, 2.24) is 0 Å². The summed E-state index contributed by atoms with van der Waals surface area (Å²) in [4.78, 5) is 11.3. The number of hydrogen-bond acceptors (Lipinski definition) is 2. The Hall–Kier alpha value is -0.790. The van der Waals surface area contributed by atoms with Crippen molar-refractivity contribution >= 4 is 5.97 Å². The van der Waals surface area contributed by atoms with Gasteiger partial charge in [-0.1, -0.05) is 76.7 Å². The van der Waals surface area contributed by atoms with Gasteiger partial charge in [0, 0.05) is 6.08 Å². The van der Waals surface area contributed by atoms with Crippen molar-refractivity contribution < 1.29 is 9.53 Å². The van der Waals surface area contributed by atoms with E-state index in [0.29, 0.717) is 6.61 Å². The fourth-order valence-electron chi connectivity index (χ4n) is 2.53. The zero-order chi connectivity index (χ0) is 15.8. The summed E-state index contributed by atoms with van der Waals surface area (Å²) >= 11 is 0. The molecule has 2 heteroatoms. The summed E-state index contributed by atoms with van der Waals surface area (Å²) in [6, 6.07) is 0. The van der Waals surface area contributed by atoms with Gasteiger partial charge in [0.15, 0.2) is 0 Å². The van der Waals surface area contributed by atoms with E-state index in [0.717, 1.165) is 12.0 Å². The molecule has 0 radical (unpaired) electrons. The SMILES string of the molecule is CCCCCCCCCCCCCC(C)=CC(=O)OCC. The van der Waals surface area contributed by atoms with Gasteiger partial charge in [-0.2, -0.15) is 0 Å². The number of rotatable bonds is 14. The van der Waals surface area contributed by atoms with Crippen LogP contribution in [0.1, 0.15) is 97.8 Å².